The van der Waals surface area contributed by atoms with Crippen molar-refractivity contribution in [2.75, 3.05) is 17.6 Å². The van der Waals surface area contributed by atoms with E-state index in [4.69, 9.17) is 55.9 Å². The fourth-order valence-corrected chi connectivity index (χ4v) is 2.20. The molecule has 0 saturated carbocycles. The SMILES string of the molecule is ClC(Cl)=CCOc1cc(Cl)c(OCCCI)c(Cl)c1. The van der Waals surface area contributed by atoms with E-state index in [2.05, 4.69) is 22.6 Å². The minimum Gasteiger partial charge on any atom is -0.490 e. The van der Waals surface area contributed by atoms with Gasteiger partial charge in [0.1, 0.15) is 16.8 Å². The van der Waals surface area contributed by atoms with Crippen molar-refractivity contribution in [1.82, 2.24) is 0 Å². The van der Waals surface area contributed by atoms with Crippen molar-refractivity contribution in [2.24, 2.45) is 0 Å². The summed E-state index contributed by atoms with van der Waals surface area (Å²) in [5.74, 6) is 1.01. The minimum absolute atomic E-state index is 0.149. The molecule has 0 saturated heterocycles. The molecular weight excluding hydrogens is 445 g/mol. The van der Waals surface area contributed by atoms with Crippen molar-refractivity contribution in [2.45, 2.75) is 6.42 Å². The summed E-state index contributed by atoms with van der Waals surface area (Å²) in [6.07, 6.45) is 2.46. The number of benzene rings is 1. The van der Waals surface area contributed by atoms with Gasteiger partial charge in [-0.05, 0) is 12.5 Å². The van der Waals surface area contributed by atoms with Gasteiger partial charge in [-0.2, -0.15) is 0 Å². The van der Waals surface area contributed by atoms with Crippen molar-refractivity contribution in [1.29, 1.82) is 0 Å². The van der Waals surface area contributed by atoms with E-state index in [0.29, 0.717) is 28.2 Å². The average Bonchev–Trinajstić information content (AvgIpc) is 2.32. The van der Waals surface area contributed by atoms with Crippen LogP contribution in [0.4, 0.5) is 0 Å². The fraction of sp³-hybridized carbons (Fsp3) is 0.333. The van der Waals surface area contributed by atoms with Gasteiger partial charge >= 0.3 is 0 Å². The number of rotatable bonds is 7. The summed E-state index contributed by atoms with van der Waals surface area (Å²) in [4.78, 5) is 0. The molecule has 106 valence electrons. The first-order valence-electron chi connectivity index (χ1n) is 5.36. The summed E-state index contributed by atoms with van der Waals surface area (Å²) in [5, 5.41) is 0.828. The van der Waals surface area contributed by atoms with Gasteiger partial charge in [-0.1, -0.05) is 69.0 Å². The number of hydrogen-bond donors (Lipinski definition) is 0. The standard InChI is InChI=1S/C12H11Cl4IO2/c13-9-6-8(18-5-2-11(15)16)7-10(14)12(9)19-4-1-3-17/h2,6-7H,1,3-5H2. The molecule has 0 bridgehead atoms. The summed E-state index contributed by atoms with van der Waals surface area (Å²) in [5.41, 5.74) is 0. The summed E-state index contributed by atoms with van der Waals surface area (Å²) in [6.45, 7) is 0.817. The normalized spacial score (nSPS) is 10.2. The highest BCUT2D eigenvalue weighted by molar-refractivity contribution is 14.1. The highest BCUT2D eigenvalue weighted by Crippen LogP contribution is 2.37. The molecule has 0 radical (unpaired) electrons. The van der Waals surface area contributed by atoms with Crippen LogP contribution in [0.15, 0.2) is 22.7 Å². The largest absolute Gasteiger partial charge is 0.490 e. The second-order valence-corrected chi connectivity index (χ2v) is 6.31. The molecule has 0 aliphatic carbocycles. The molecule has 0 spiro atoms. The lowest BCUT2D eigenvalue weighted by atomic mass is 10.3. The maximum absolute atomic E-state index is 6.10. The van der Waals surface area contributed by atoms with E-state index in [9.17, 15) is 0 Å². The summed E-state index contributed by atoms with van der Waals surface area (Å²) in [6, 6.07) is 3.28. The molecule has 0 aliphatic rings. The van der Waals surface area contributed by atoms with Gasteiger partial charge < -0.3 is 9.47 Å². The van der Waals surface area contributed by atoms with Gasteiger partial charge in [0.25, 0.3) is 0 Å². The van der Waals surface area contributed by atoms with Crippen LogP contribution < -0.4 is 9.47 Å². The monoisotopic (exact) mass is 454 g/mol. The number of hydrogen-bond acceptors (Lipinski definition) is 2. The molecule has 1 rings (SSSR count). The van der Waals surface area contributed by atoms with Crippen molar-refractivity contribution in [3.8, 4) is 11.5 Å². The van der Waals surface area contributed by atoms with Gasteiger partial charge in [0.05, 0.1) is 16.7 Å². The average molecular weight is 456 g/mol. The molecule has 1 aromatic rings. The number of halogens is 5. The van der Waals surface area contributed by atoms with E-state index in [-0.39, 0.29) is 11.1 Å². The second-order valence-electron chi connectivity index (χ2n) is 3.41. The molecule has 0 amide bonds. The molecule has 19 heavy (non-hydrogen) atoms. The van der Waals surface area contributed by atoms with E-state index in [1.807, 2.05) is 0 Å². The van der Waals surface area contributed by atoms with Crippen molar-refractivity contribution >= 4 is 69.0 Å². The van der Waals surface area contributed by atoms with Crippen LogP contribution in [0.5, 0.6) is 11.5 Å². The molecule has 0 N–H and O–H groups in total. The fourth-order valence-electron chi connectivity index (χ4n) is 1.19. The molecule has 0 unspecified atom stereocenters. The molecule has 0 atom stereocenters. The number of alkyl halides is 1. The highest BCUT2D eigenvalue weighted by atomic mass is 127. The van der Waals surface area contributed by atoms with Gasteiger partial charge in [-0.15, -0.1) is 0 Å². The third-order valence-electron chi connectivity index (χ3n) is 1.98. The van der Waals surface area contributed by atoms with E-state index < -0.39 is 0 Å². The van der Waals surface area contributed by atoms with Crippen molar-refractivity contribution in [3.05, 3.63) is 32.7 Å². The topological polar surface area (TPSA) is 18.5 Å². The number of ether oxygens (including phenoxy) is 2. The quantitative estimate of drug-likeness (QED) is 0.290. The lowest BCUT2D eigenvalue weighted by Crippen LogP contribution is -2.00. The maximum atomic E-state index is 6.10. The van der Waals surface area contributed by atoms with Crippen LogP contribution in [0.3, 0.4) is 0 Å². The predicted molar refractivity (Wildman–Crippen MR) is 90.7 cm³/mol. The van der Waals surface area contributed by atoms with Gasteiger partial charge in [-0.25, -0.2) is 0 Å². The lowest BCUT2D eigenvalue weighted by molar-refractivity contribution is 0.318. The van der Waals surface area contributed by atoms with Crippen LogP contribution in [0.2, 0.25) is 10.0 Å². The second kappa shape index (κ2) is 9.40. The predicted octanol–water partition coefficient (Wildman–Crippen LogP) is 5.90. The smallest absolute Gasteiger partial charge is 0.156 e. The first kappa shape index (κ1) is 17.5. The third-order valence-corrected chi connectivity index (χ3v) is 3.62. The molecule has 0 aliphatic heterocycles. The van der Waals surface area contributed by atoms with Crippen molar-refractivity contribution < 1.29 is 9.47 Å². The first-order chi connectivity index (χ1) is 9.04. The molecular formula is C12H11Cl4IO2. The van der Waals surface area contributed by atoms with E-state index in [1.165, 1.54) is 6.08 Å². The Labute approximate surface area is 146 Å². The molecule has 0 heterocycles. The van der Waals surface area contributed by atoms with Gasteiger partial charge in [0.15, 0.2) is 5.75 Å². The Hall–Kier alpha value is 0.450. The van der Waals surface area contributed by atoms with Crippen LogP contribution in [0, 0.1) is 0 Å². The Balaban J connectivity index is 2.70. The van der Waals surface area contributed by atoms with Crippen LogP contribution in [0.1, 0.15) is 6.42 Å². The Morgan fingerprint density at radius 1 is 1.16 bits per heavy atom. The molecule has 7 heteroatoms. The van der Waals surface area contributed by atoms with Gasteiger partial charge in [0, 0.05) is 16.6 Å². The zero-order valence-electron chi connectivity index (χ0n) is 9.77. The van der Waals surface area contributed by atoms with Crippen LogP contribution >= 0.6 is 69.0 Å². The van der Waals surface area contributed by atoms with Gasteiger partial charge in [-0.3, -0.25) is 0 Å². The Morgan fingerprint density at radius 2 is 1.79 bits per heavy atom. The summed E-state index contributed by atoms with van der Waals surface area (Å²) in [7, 11) is 0. The van der Waals surface area contributed by atoms with Crippen LogP contribution in [-0.2, 0) is 0 Å². The van der Waals surface area contributed by atoms with E-state index >= 15 is 0 Å². The summed E-state index contributed by atoms with van der Waals surface area (Å²) >= 11 is 25.4. The van der Waals surface area contributed by atoms with E-state index in [1.54, 1.807) is 12.1 Å². The third kappa shape index (κ3) is 6.63. The summed E-state index contributed by atoms with van der Waals surface area (Å²) < 4.78 is 12.1. The maximum Gasteiger partial charge on any atom is 0.156 e. The molecule has 2 nitrogen and oxygen atoms in total. The van der Waals surface area contributed by atoms with Crippen LogP contribution in [-0.4, -0.2) is 17.6 Å². The van der Waals surface area contributed by atoms with Gasteiger partial charge in [0.2, 0.25) is 0 Å². The van der Waals surface area contributed by atoms with E-state index in [0.717, 1.165) is 10.8 Å². The minimum atomic E-state index is 0.149. The zero-order valence-corrected chi connectivity index (χ0v) is 14.9. The van der Waals surface area contributed by atoms with Crippen LogP contribution in [0.25, 0.3) is 0 Å². The Bertz CT molecular complexity index is 424. The molecule has 0 fully saturated rings. The lowest BCUT2D eigenvalue weighted by Gasteiger charge is -2.11. The molecule has 0 aromatic heterocycles. The Morgan fingerprint density at radius 3 is 2.32 bits per heavy atom. The molecule has 1 aromatic carbocycles. The zero-order chi connectivity index (χ0) is 14.3. The Kier molecular flexibility index (Phi) is 8.66. The first-order valence-corrected chi connectivity index (χ1v) is 8.40. The highest BCUT2D eigenvalue weighted by Gasteiger charge is 2.10. The van der Waals surface area contributed by atoms with Crippen molar-refractivity contribution in [3.63, 3.8) is 0 Å².